The van der Waals surface area contributed by atoms with E-state index in [2.05, 4.69) is 29.9 Å². The average Bonchev–Trinajstić information content (AvgIpc) is 3.47. The number of pyridine rings is 1. The van der Waals surface area contributed by atoms with Crippen molar-refractivity contribution in [3.63, 3.8) is 0 Å². The van der Waals surface area contributed by atoms with Crippen LogP contribution in [0.2, 0.25) is 0 Å². The number of H-pyrrole nitrogens is 2. The number of aromatic amines is 2. The van der Waals surface area contributed by atoms with Gasteiger partial charge in [0.05, 0.1) is 12.2 Å². The Morgan fingerprint density at radius 2 is 1.88 bits per heavy atom. The summed E-state index contributed by atoms with van der Waals surface area (Å²) in [5, 5.41) is 15.1. The largest absolute Gasteiger partial charge is 0.493 e. The Morgan fingerprint density at radius 3 is 2.55 bits per heavy atom. The molecule has 4 aromatic rings. The van der Waals surface area contributed by atoms with Gasteiger partial charge in [0.1, 0.15) is 17.3 Å². The number of aromatic hydroxyl groups is 1. The molecular formula is C22H23N9O2. The first-order valence-corrected chi connectivity index (χ1v) is 11.0. The summed E-state index contributed by atoms with van der Waals surface area (Å²) in [6, 6.07) is 8.28. The van der Waals surface area contributed by atoms with Crippen molar-refractivity contribution in [2.75, 3.05) is 36.0 Å². The zero-order valence-electron chi connectivity index (χ0n) is 17.8. The molecule has 2 aliphatic rings. The first-order valence-electron chi connectivity index (χ1n) is 11.0. The summed E-state index contributed by atoms with van der Waals surface area (Å²) in [5.41, 5.74) is 1.20. The molecule has 0 spiro atoms. The van der Waals surface area contributed by atoms with Gasteiger partial charge in [-0.25, -0.2) is 14.8 Å². The molecule has 0 aromatic carbocycles. The molecule has 11 nitrogen and oxygen atoms in total. The summed E-state index contributed by atoms with van der Waals surface area (Å²) in [4.78, 5) is 35.1. The number of imidazole rings is 1. The van der Waals surface area contributed by atoms with E-state index in [1.165, 1.54) is 0 Å². The second-order valence-corrected chi connectivity index (χ2v) is 8.32. The molecule has 5 heterocycles. The van der Waals surface area contributed by atoms with E-state index in [-0.39, 0.29) is 11.6 Å². The summed E-state index contributed by atoms with van der Waals surface area (Å²) in [5.74, 6) is 1.60. The van der Waals surface area contributed by atoms with E-state index >= 15 is 0 Å². The maximum Gasteiger partial charge on any atom is 0.326 e. The monoisotopic (exact) mass is 445 g/mol. The molecule has 4 aromatic heterocycles. The van der Waals surface area contributed by atoms with Gasteiger partial charge in [-0.1, -0.05) is 6.07 Å². The number of anilines is 2. The van der Waals surface area contributed by atoms with Gasteiger partial charge in [0.15, 0.2) is 11.1 Å². The lowest BCUT2D eigenvalue weighted by atomic mass is 10.3. The van der Waals surface area contributed by atoms with Crippen molar-refractivity contribution >= 4 is 23.4 Å². The smallest absolute Gasteiger partial charge is 0.326 e. The Bertz CT molecular complexity index is 1480. The molecule has 0 amide bonds. The van der Waals surface area contributed by atoms with Crippen molar-refractivity contribution in [3.8, 4) is 5.88 Å². The lowest BCUT2D eigenvalue weighted by molar-refractivity contribution is 0.454. The first kappa shape index (κ1) is 19.5. The molecule has 0 atom stereocenters. The van der Waals surface area contributed by atoms with Gasteiger partial charge in [-0.15, -0.1) is 0 Å². The van der Waals surface area contributed by atoms with Crippen LogP contribution in [0.3, 0.4) is 0 Å². The molecule has 0 radical (unpaired) electrons. The summed E-state index contributed by atoms with van der Waals surface area (Å²) >= 11 is 0. The number of hydrogen-bond acceptors (Lipinski definition) is 8. The molecule has 2 fully saturated rings. The predicted octanol–water partition coefficient (Wildman–Crippen LogP) is -0.216. The van der Waals surface area contributed by atoms with Crippen LogP contribution in [-0.4, -0.2) is 66.9 Å². The zero-order valence-corrected chi connectivity index (χ0v) is 17.8. The second kappa shape index (κ2) is 7.76. The molecule has 3 N–H and O–H groups in total. The highest BCUT2D eigenvalue weighted by molar-refractivity contribution is 5.58. The fourth-order valence-electron chi connectivity index (χ4n) is 4.05. The number of nitrogens with zero attached hydrogens (tertiary/aromatic N) is 7. The topological polar surface area (TPSA) is 131 Å². The minimum atomic E-state index is -0.473. The van der Waals surface area contributed by atoms with Gasteiger partial charge in [0.25, 0.3) is 0 Å². The lowest BCUT2D eigenvalue weighted by Gasteiger charge is -2.36. The van der Waals surface area contributed by atoms with Crippen LogP contribution in [0.1, 0.15) is 18.5 Å². The van der Waals surface area contributed by atoms with Crippen molar-refractivity contribution in [2.24, 2.45) is 4.99 Å². The Kier molecular flexibility index (Phi) is 4.60. The van der Waals surface area contributed by atoms with Gasteiger partial charge in [0.2, 0.25) is 5.88 Å². The second-order valence-electron chi connectivity index (χ2n) is 8.32. The lowest BCUT2D eigenvalue weighted by Crippen LogP contribution is -2.47. The number of nitrogens with one attached hydrogen (secondary N) is 2. The molecule has 0 bridgehead atoms. The van der Waals surface area contributed by atoms with Crippen LogP contribution >= 0.6 is 0 Å². The fraction of sp³-hybridized carbons (Fsp3) is 0.318. The highest BCUT2D eigenvalue weighted by Gasteiger charge is 2.22. The number of rotatable bonds is 4. The summed E-state index contributed by atoms with van der Waals surface area (Å²) in [7, 11) is 0. The van der Waals surface area contributed by atoms with E-state index in [1.54, 1.807) is 16.8 Å². The van der Waals surface area contributed by atoms with E-state index in [1.807, 2.05) is 30.5 Å². The summed E-state index contributed by atoms with van der Waals surface area (Å²) in [6.45, 7) is 3.30. The number of hydrogen-bond donors (Lipinski definition) is 3. The molecule has 0 unspecified atom stereocenters. The molecule has 1 aliphatic heterocycles. The minimum Gasteiger partial charge on any atom is -0.493 e. The van der Waals surface area contributed by atoms with Crippen molar-refractivity contribution in [3.05, 3.63) is 63.5 Å². The van der Waals surface area contributed by atoms with Crippen LogP contribution in [0.4, 0.5) is 11.6 Å². The van der Waals surface area contributed by atoms with Crippen LogP contribution in [-0.2, 0) is 0 Å². The van der Waals surface area contributed by atoms with Crippen LogP contribution < -0.4 is 26.2 Å². The highest BCUT2D eigenvalue weighted by atomic mass is 16.3. The van der Waals surface area contributed by atoms with Crippen LogP contribution in [0.25, 0.3) is 11.7 Å². The van der Waals surface area contributed by atoms with E-state index < -0.39 is 5.69 Å². The number of piperazine rings is 1. The normalized spacial score (nSPS) is 17.9. The predicted molar refractivity (Wildman–Crippen MR) is 122 cm³/mol. The Balaban J connectivity index is 1.39. The highest BCUT2D eigenvalue weighted by Crippen LogP contribution is 2.23. The van der Waals surface area contributed by atoms with Gasteiger partial charge in [-0.05, 0) is 31.1 Å². The quantitative estimate of drug-likeness (QED) is 0.396. The fourth-order valence-corrected chi connectivity index (χ4v) is 4.05. The molecule has 33 heavy (non-hydrogen) atoms. The van der Waals surface area contributed by atoms with Crippen molar-refractivity contribution in [1.29, 1.82) is 0 Å². The maximum atomic E-state index is 11.5. The molecule has 168 valence electrons. The average molecular weight is 445 g/mol. The molecular weight excluding hydrogens is 422 g/mol. The van der Waals surface area contributed by atoms with Crippen LogP contribution in [0, 0.1) is 0 Å². The third-order valence-electron chi connectivity index (χ3n) is 5.94. The van der Waals surface area contributed by atoms with Gasteiger partial charge in [-0.2, -0.15) is 9.61 Å². The van der Waals surface area contributed by atoms with E-state index in [0.29, 0.717) is 16.9 Å². The zero-order chi connectivity index (χ0) is 22.4. The van der Waals surface area contributed by atoms with Gasteiger partial charge in [-0.3, -0.25) is 9.98 Å². The van der Waals surface area contributed by atoms with Gasteiger partial charge in [0, 0.05) is 43.7 Å². The first-order chi connectivity index (χ1) is 16.1. The Hall–Kier alpha value is -4.15. The van der Waals surface area contributed by atoms with Crippen LogP contribution in [0.15, 0.2) is 46.4 Å². The number of fused-ring (bicyclic) bond motifs is 1. The van der Waals surface area contributed by atoms with Crippen LogP contribution in [0.5, 0.6) is 5.88 Å². The molecule has 6 rings (SSSR count). The Morgan fingerprint density at radius 1 is 1.09 bits per heavy atom. The van der Waals surface area contributed by atoms with Crippen molar-refractivity contribution in [2.45, 2.75) is 18.9 Å². The molecule has 1 saturated heterocycles. The minimum absolute atomic E-state index is 0.218. The Labute approximate surface area is 187 Å². The van der Waals surface area contributed by atoms with E-state index in [4.69, 9.17) is 9.98 Å². The summed E-state index contributed by atoms with van der Waals surface area (Å²) < 4.78 is 1.72. The van der Waals surface area contributed by atoms with Gasteiger partial charge >= 0.3 is 5.69 Å². The van der Waals surface area contributed by atoms with E-state index in [9.17, 15) is 9.90 Å². The molecule has 11 heteroatoms. The van der Waals surface area contributed by atoms with Gasteiger partial charge < -0.3 is 19.9 Å². The third-order valence-corrected chi connectivity index (χ3v) is 5.94. The molecule has 1 aliphatic carbocycles. The van der Waals surface area contributed by atoms with Crippen molar-refractivity contribution in [1.82, 2.24) is 29.5 Å². The number of aromatic nitrogens is 6. The van der Waals surface area contributed by atoms with E-state index in [0.717, 1.165) is 56.1 Å². The van der Waals surface area contributed by atoms with Crippen molar-refractivity contribution < 1.29 is 5.11 Å². The maximum absolute atomic E-state index is 11.5. The summed E-state index contributed by atoms with van der Waals surface area (Å²) in [6.07, 6.45) is 7.31. The standard InChI is InChI=1S/C22H23N9O2/c32-21-16(26-22(33)28-21)11-14-13-24-31-19(25-15-4-5-15)12-18(27-20(14)31)30-9-7-29(8-10-30)17-3-1-2-6-23-17/h1-3,6,11-13,15,32H,4-5,7-10H2,(H2,26,28,33)/b14-11-,25-19?. The third kappa shape index (κ3) is 3.81. The SMILES string of the molecule is O=c1[nH]c(O)c(/C=c2/cnn3c(=NC4CC4)cc(N4CCN(c5ccccn5)CC4)nc23)[nH]1. The molecule has 1 saturated carbocycles.